The van der Waals surface area contributed by atoms with Gasteiger partial charge in [-0.3, -0.25) is 0 Å². The Bertz CT molecular complexity index is 1260. The van der Waals surface area contributed by atoms with Crippen LogP contribution in [0.2, 0.25) is 0 Å². The van der Waals surface area contributed by atoms with E-state index in [0.717, 1.165) is 40.0 Å². The lowest BCUT2D eigenvalue weighted by Crippen LogP contribution is -2.28. The van der Waals surface area contributed by atoms with Crippen molar-refractivity contribution in [2.24, 2.45) is 5.92 Å². The summed E-state index contributed by atoms with van der Waals surface area (Å²) in [5.74, 6) is 0.306. The Morgan fingerprint density at radius 2 is 1.73 bits per heavy atom. The first-order chi connectivity index (χ1) is 18.0. The fraction of sp³-hybridized carbons (Fsp3) is 0.294. The van der Waals surface area contributed by atoms with E-state index in [2.05, 4.69) is 60.9 Å². The van der Waals surface area contributed by atoms with E-state index in [0.29, 0.717) is 12.5 Å². The first kappa shape index (κ1) is 26.5. The van der Waals surface area contributed by atoms with Crippen LogP contribution in [0.25, 0.3) is 23.3 Å². The molecule has 192 valence electrons. The molecule has 3 heteroatoms. The van der Waals surface area contributed by atoms with E-state index in [4.69, 9.17) is 5.73 Å². The molecule has 2 N–H and O–H groups in total. The first-order valence-corrected chi connectivity index (χ1v) is 13.5. The van der Waals surface area contributed by atoms with Crippen molar-refractivity contribution in [1.82, 2.24) is 0 Å². The lowest BCUT2D eigenvalue weighted by Gasteiger charge is -2.35. The van der Waals surface area contributed by atoms with Crippen LogP contribution in [0.15, 0.2) is 85.1 Å². The third kappa shape index (κ3) is 6.60. The van der Waals surface area contributed by atoms with E-state index in [1.165, 1.54) is 43.4 Å². The topological polar surface area (TPSA) is 29.3 Å². The molecule has 0 radical (unpaired) electrons. The van der Waals surface area contributed by atoms with Gasteiger partial charge in [-0.1, -0.05) is 87.4 Å². The van der Waals surface area contributed by atoms with E-state index >= 15 is 0 Å². The maximum atomic E-state index is 14.8. The molecule has 1 saturated carbocycles. The summed E-state index contributed by atoms with van der Waals surface area (Å²) in [4.78, 5) is 2.35. The van der Waals surface area contributed by atoms with Crippen LogP contribution in [-0.4, -0.2) is 0 Å². The highest BCUT2D eigenvalue weighted by molar-refractivity contribution is 5.73. The molecule has 0 aliphatic heterocycles. The Labute approximate surface area is 222 Å². The molecular formula is C34H39FN2. The van der Waals surface area contributed by atoms with Gasteiger partial charge < -0.3 is 10.6 Å². The molecule has 0 saturated heterocycles. The van der Waals surface area contributed by atoms with Gasteiger partial charge in [0.05, 0.1) is 0 Å². The zero-order valence-electron chi connectivity index (χ0n) is 22.2. The van der Waals surface area contributed by atoms with E-state index < -0.39 is 0 Å². The lowest BCUT2D eigenvalue weighted by atomic mass is 9.85. The molecule has 1 fully saturated rings. The van der Waals surface area contributed by atoms with Gasteiger partial charge in [-0.2, -0.15) is 0 Å². The number of halogens is 1. The smallest absolute Gasteiger partial charge is 0.125 e. The summed E-state index contributed by atoms with van der Waals surface area (Å²) in [6.07, 6.45) is 15.2. The maximum Gasteiger partial charge on any atom is 0.125 e. The number of hydrogen-bond donors (Lipinski definition) is 1. The summed E-state index contributed by atoms with van der Waals surface area (Å²) in [5.41, 5.74) is 14.3. The molecule has 0 amide bonds. The zero-order valence-corrected chi connectivity index (χ0v) is 22.2. The quantitative estimate of drug-likeness (QED) is 0.300. The molecule has 2 nitrogen and oxygen atoms in total. The van der Waals surface area contributed by atoms with Crippen LogP contribution in [0, 0.1) is 11.7 Å². The summed E-state index contributed by atoms with van der Waals surface area (Å²) >= 11 is 0. The third-order valence-corrected chi connectivity index (χ3v) is 7.26. The Balaban J connectivity index is 1.70. The fourth-order valence-corrected chi connectivity index (χ4v) is 5.39. The van der Waals surface area contributed by atoms with Crippen molar-refractivity contribution in [1.29, 1.82) is 0 Å². The minimum Gasteiger partial charge on any atom is -0.398 e. The molecule has 3 aromatic rings. The van der Waals surface area contributed by atoms with E-state index in [1.54, 1.807) is 18.2 Å². The highest BCUT2D eigenvalue weighted by atomic mass is 19.1. The molecule has 1 aliphatic rings. The second-order valence-electron chi connectivity index (χ2n) is 9.95. The van der Waals surface area contributed by atoms with E-state index in [1.807, 2.05) is 31.2 Å². The van der Waals surface area contributed by atoms with Gasteiger partial charge in [-0.05, 0) is 90.3 Å². The van der Waals surface area contributed by atoms with Crippen molar-refractivity contribution < 1.29 is 4.39 Å². The molecule has 0 heterocycles. The number of nitrogen functional groups attached to an aromatic ring is 1. The molecular weight excluding hydrogens is 455 g/mol. The van der Waals surface area contributed by atoms with Crippen molar-refractivity contribution >= 4 is 23.5 Å². The third-order valence-electron chi connectivity index (χ3n) is 7.26. The first-order valence-electron chi connectivity index (χ1n) is 13.5. The summed E-state index contributed by atoms with van der Waals surface area (Å²) in [7, 11) is 0. The molecule has 1 aliphatic carbocycles. The number of rotatable bonds is 9. The zero-order chi connectivity index (χ0) is 26.2. The van der Waals surface area contributed by atoms with Crippen LogP contribution in [0.4, 0.5) is 15.8 Å². The highest BCUT2D eigenvalue weighted by Gasteiger charge is 2.24. The monoisotopic (exact) mass is 494 g/mol. The van der Waals surface area contributed by atoms with Gasteiger partial charge in [-0.25, -0.2) is 4.39 Å². The van der Waals surface area contributed by atoms with Crippen LogP contribution in [-0.2, 0) is 6.54 Å². The average molecular weight is 495 g/mol. The fourth-order valence-electron chi connectivity index (χ4n) is 5.39. The number of allylic oxidation sites excluding steroid dienone is 3. The Kier molecular flexibility index (Phi) is 9.00. The number of benzene rings is 3. The highest BCUT2D eigenvalue weighted by Crippen LogP contribution is 2.36. The average Bonchev–Trinajstić information content (AvgIpc) is 2.92. The Morgan fingerprint density at radius 3 is 2.41 bits per heavy atom. The van der Waals surface area contributed by atoms with Gasteiger partial charge in [-0.15, -0.1) is 0 Å². The SMILES string of the molecule is C=Cc1cc(-c2ccc(CN(/C(=C\CC)C3CCCCC3)c3cc(F)cc(/C=C/C)c3)cc2)ccc1N. The van der Waals surface area contributed by atoms with Gasteiger partial charge in [0, 0.05) is 23.6 Å². The maximum absolute atomic E-state index is 14.8. The second-order valence-corrected chi connectivity index (χ2v) is 9.95. The van der Waals surface area contributed by atoms with Gasteiger partial charge in [0.15, 0.2) is 0 Å². The summed E-state index contributed by atoms with van der Waals surface area (Å²) in [5, 5.41) is 0. The van der Waals surface area contributed by atoms with Crippen LogP contribution >= 0.6 is 0 Å². The van der Waals surface area contributed by atoms with E-state index in [-0.39, 0.29) is 5.82 Å². The van der Waals surface area contributed by atoms with Gasteiger partial charge in [0.2, 0.25) is 0 Å². The van der Waals surface area contributed by atoms with Gasteiger partial charge in [0.1, 0.15) is 5.82 Å². The standard InChI is InChI=1S/C34H39FN2/c1-4-10-26-20-31(35)23-32(21-26)37(34(11-5-2)29-12-8-7-9-13-29)24-25-14-16-28(17-15-25)30-18-19-33(36)27(6-3)22-30/h4,6,10-11,14-23,29H,3,5,7-9,12-13,24,36H2,1-2H3/b10-4+,34-11-. The lowest BCUT2D eigenvalue weighted by molar-refractivity contribution is 0.394. The van der Waals surface area contributed by atoms with Crippen LogP contribution in [0.3, 0.4) is 0 Å². The summed E-state index contributed by atoms with van der Waals surface area (Å²) in [6.45, 7) is 8.73. The largest absolute Gasteiger partial charge is 0.398 e. The normalized spacial score (nSPS) is 14.7. The molecule has 3 aromatic carbocycles. The molecule has 0 atom stereocenters. The van der Waals surface area contributed by atoms with Crippen molar-refractivity contribution in [3.8, 4) is 11.1 Å². The minimum absolute atomic E-state index is 0.202. The number of hydrogen-bond acceptors (Lipinski definition) is 2. The summed E-state index contributed by atoms with van der Waals surface area (Å²) in [6, 6.07) is 20.1. The second kappa shape index (κ2) is 12.6. The predicted molar refractivity (Wildman–Crippen MR) is 159 cm³/mol. The molecule has 37 heavy (non-hydrogen) atoms. The van der Waals surface area contributed by atoms with Crippen LogP contribution in [0.1, 0.15) is 69.1 Å². The van der Waals surface area contributed by atoms with Crippen molar-refractivity contribution in [2.45, 2.75) is 58.9 Å². The van der Waals surface area contributed by atoms with Gasteiger partial charge in [0.25, 0.3) is 0 Å². The molecule has 0 bridgehead atoms. The number of nitrogens with two attached hydrogens (primary N) is 1. The summed E-state index contributed by atoms with van der Waals surface area (Å²) < 4.78 is 14.8. The number of nitrogens with zero attached hydrogens (tertiary/aromatic N) is 1. The molecule has 0 unspecified atom stereocenters. The molecule has 4 rings (SSSR count). The van der Waals surface area contributed by atoms with Crippen LogP contribution < -0.4 is 10.6 Å². The van der Waals surface area contributed by atoms with Crippen LogP contribution in [0.5, 0.6) is 0 Å². The minimum atomic E-state index is -0.202. The predicted octanol–water partition coefficient (Wildman–Crippen LogP) is 9.63. The molecule has 0 spiro atoms. The van der Waals surface area contributed by atoms with E-state index in [9.17, 15) is 4.39 Å². The van der Waals surface area contributed by atoms with Crippen molar-refractivity contribution in [3.05, 3.63) is 108 Å². The van der Waals surface area contributed by atoms with Crippen molar-refractivity contribution in [3.63, 3.8) is 0 Å². The Morgan fingerprint density at radius 1 is 1.00 bits per heavy atom. The number of anilines is 2. The Hall–Kier alpha value is -3.59. The van der Waals surface area contributed by atoms with Gasteiger partial charge >= 0.3 is 0 Å². The van der Waals surface area contributed by atoms with Crippen molar-refractivity contribution in [2.75, 3.05) is 10.6 Å². The molecule has 0 aromatic heterocycles.